The molecular weight excluding hydrogens is 345 g/mol. The summed E-state index contributed by atoms with van der Waals surface area (Å²) in [6.07, 6.45) is 0.999. The van der Waals surface area contributed by atoms with E-state index in [9.17, 15) is 11.9 Å². The van der Waals surface area contributed by atoms with Crippen LogP contribution in [-0.2, 0) is 6.98 Å². The highest BCUT2D eigenvalue weighted by Gasteiger charge is 2.41. The number of aryl methyl sites for hydroxylation is 1. The van der Waals surface area contributed by atoms with Crippen molar-refractivity contribution in [2.75, 3.05) is 11.9 Å². The molecule has 0 bridgehead atoms. The Hall–Kier alpha value is -3.35. The van der Waals surface area contributed by atoms with E-state index in [2.05, 4.69) is 20.4 Å². The molecule has 0 fully saturated rings. The van der Waals surface area contributed by atoms with Crippen LogP contribution in [0.4, 0.5) is 10.1 Å². The summed E-state index contributed by atoms with van der Waals surface area (Å²) in [6, 6.07) is 7.81. The summed E-state index contributed by atoms with van der Waals surface area (Å²) in [7, 11) is 0. The molecule has 2 aliphatic rings. The van der Waals surface area contributed by atoms with Crippen molar-refractivity contribution in [2.45, 2.75) is 11.9 Å². The third-order valence-electron chi connectivity index (χ3n) is 4.63. The second kappa shape index (κ2) is 5.84. The van der Waals surface area contributed by atoms with Gasteiger partial charge in [-0.25, -0.2) is 9.37 Å². The average Bonchev–Trinajstić information content (AvgIpc) is 3.25. The maximum Gasteiger partial charge on any atom is 0.184 e. The van der Waals surface area contributed by atoms with E-state index in [0.29, 0.717) is 21.5 Å². The van der Waals surface area contributed by atoms with Crippen molar-refractivity contribution in [3.8, 4) is 0 Å². The summed E-state index contributed by atoms with van der Waals surface area (Å²) in [5, 5.41) is 6.78. The van der Waals surface area contributed by atoms with Crippen molar-refractivity contribution in [3.05, 3.63) is 77.1 Å². The topological polar surface area (TPSA) is 72.2 Å². The maximum atomic E-state index is 13.7. The van der Waals surface area contributed by atoms with E-state index in [1.54, 1.807) is 18.2 Å². The molecule has 2 aromatic carbocycles. The number of benzene rings is 2. The largest absolute Gasteiger partial charge is 0.377 e. The normalized spacial score (nSPS) is 29.3. The lowest BCUT2D eigenvalue weighted by Crippen LogP contribution is -2.37. The van der Waals surface area contributed by atoms with E-state index >= 15 is 0 Å². The number of halogens is 1. The summed E-state index contributed by atoms with van der Waals surface area (Å²) < 4.78 is 56.8. The quantitative estimate of drug-likeness (QED) is 0.757. The number of rotatable bonds is 2. The molecule has 2 atom stereocenters. The first-order chi connectivity index (χ1) is 15.1. The zero-order valence-electron chi connectivity index (χ0n) is 18.9. The first-order valence-electron chi connectivity index (χ1n) is 10.7. The van der Waals surface area contributed by atoms with Gasteiger partial charge >= 0.3 is 0 Å². The standard InChI is InChI=1S/C20H16FN5O/c1-26-20(23-10-24-26)17-18(11-5-7-12(21)8-6-11)25-14-4-2-3-13-15(27)9-22-19(17)16(13)14/h2-8,10,17-18,25H,9H2,1H3/t17-,18-/m0/s1/i1D3,17D,18D. The summed E-state index contributed by atoms with van der Waals surface area (Å²) in [6.45, 7) is -3.04. The van der Waals surface area contributed by atoms with Gasteiger partial charge in [-0.05, 0) is 23.8 Å². The molecule has 6 nitrogen and oxygen atoms in total. The predicted octanol–water partition coefficient (Wildman–Crippen LogP) is 2.89. The highest BCUT2D eigenvalue weighted by Crippen LogP contribution is 2.44. The number of hydrogen-bond acceptors (Lipinski definition) is 5. The molecule has 0 radical (unpaired) electrons. The average molecular weight is 366 g/mol. The summed E-state index contributed by atoms with van der Waals surface area (Å²) >= 11 is 0. The minimum Gasteiger partial charge on any atom is -0.377 e. The number of nitrogens with zero attached hydrogens (tertiary/aromatic N) is 4. The van der Waals surface area contributed by atoms with Crippen molar-refractivity contribution in [2.24, 2.45) is 12.0 Å². The van der Waals surface area contributed by atoms with Gasteiger partial charge in [-0.1, -0.05) is 24.3 Å². The van der Waals surface area contributed by atoms with E-state index in [4.69, 9.17) is 4.11 Å². The van der Waals surface area contributed by atoms with Gasteiger partial charge in [0.1, 0.15) is 24.5 Å². The zero-order valence-corrected chi connectivity index (χ0v) is 13.9. The molecule has 0 saturated heterocycles. The van der Waals surface area contributed by atoms with Crippen LogP contribution >= 0.6 is 0 Å². The van der Waals surface area contributed by atoms with Gasteiger partial charge in [0.05, 0.1) is 19.0 Å². The molecule has 1 aromatic heterocycles. The third kappa shape index (κ3) is 2.38. The van der Waals surface area contributed by atoms with Crippen molar-refractivity contribution in [3.63, 3.8) is 0 Å². The second-order valence-corrected chi connectivity index (χ2v) is 6.19. The Morgan fingerprint density at radius 2 is 2.15 bits per heavy atom. The number of ketones is 1. The first-order valence-corrected chi connectivity index (χ1v) is 8.24. The molecule has 0 spiro atoms. The molecule has 0 amide bonds. The molecule has 0 saturated carbocycles. The number of Topliss-reactive ketones (excluding diaryl/α,β-unsaturated/α-hetero) is 1. The van der Waals surface area contributed by atoms with E-state index in [0.717, 1.165) is 18.5 Å². The molecular formula is C20H16FN5O. The van der Waals surface area contributed by atoms with Crippen LogP contribution in [0.3, 0.4) is 0 Å². The van der Waals surface area contributed by atoms with Crippen molar-refractivity contribution in [1.29, 1.82) is 0 Å². The van der Waals surface area contributed by atoms with Crippen LogP contribution in [0.1, 0.15) is 46.1 Å². The van der Waals surface area contributed by atoms with E-state index in [1.165, 1.54) is 12.1 Å². The Morgan fingerprint density at radius 1 is 1.30 bits per heavy atom. The van der Waals surface area contributed by atoms with Gasteiger partial charge in [0.15, 0.2) is 5.78 Å². The number of aliphatic imine (C=N–C) groups is 1. The van der Waals surface area contributed by atoms with Gasteiger partial charge in [-0.3, -0.25) is 14.5 Å². The highest BCUT2D eigenvalue weighted by molar-refractivity contribution is 6.21. The van der Waals surface area contributed by atoms with Crippen LogP contribution < -0.4 is 5.32 Å². The molecule has 7 heteroatoms. The third-order valence-corrected chi connectivity index (χ3v) is 4.63. The molecule has 3 aromatic rings. The number of aromatic nitrogens is 3. The molecule has 2 aliphatic heterocycles. The minimum atomic E-state index is -2.78. The molecule has 0 unspecified atom stereocenters. The van der Waals surface area contributed by atoms with Crippen LogP contribution in [0.2, 0.25) is 0 Å². The number of carbonyl (C=O) groups is 1. The van der Waals surface area contributed by atoms with Gasteiger partial charge < -0.3 is 5.32 Å². The summed E-state index contributed by atoms with van der Waals surface area (Å²) in [5.41, 5.74) is 1.24. The van der Waals surface area contributed by atoms with Crippen LogP contribution in [-0.4, -0.2) is 32.8 Å². The Morgan fingerprint density at radius 3 is 2.96 bits per heavy atom. The predicted molar refractivity (Wildman–Crippen MR) is 98.7 cm³/mol. The number of anilines is 1. The fourth-order valence-electron chi connectivity index (χ4n) is 3.44. The van der Waals surface area contributed by atoms with E-state index < -0.39 is 24.7 Å². The van der Waals surface area contributed by atoms with Crippen molar-refractivity contribution < 1.29 is 16.0 Å². The van der Waals surface area contributed by atoms with Crippen LogP contribution in [0.15, 0.2) is 53.8 Å². The molecule has 5 rings (SSSR count). The fourth-order valence-corrected chi connectivity index (χ4v) is 3.44. The lowest BCUT2D eigenvalue weighted by Gasteiger charge is -2.37. The fraction of sp³-hybridized carbons (Fsp3) is 0.200. The molecule has 27 heavy (non-hydrogen) atoms. The van der Waals surface area contributed by atoms with Crippen LogP contribution in [0.25, 0.3) is 0 Å². The minimum absolute atomic E-state index is 0.0271. The molecule has 1 N–H and O–H groups in total. The summed E-state index contributed by atoms with van der Waals surface area (Å²) in [5.74, 6) is -3.39. The van der Waals surface area contributed by atoms with Crippen molar-refractivity contribution >= 4 is 17.2 Å². The summed E-state index contributed by atoms with van der Waals surface area (Å²) in [4.78, 5) is 20.9. The number of nitrogens with one attached hydrogen (secondary N) is 1. The number of hydrogen-bond donors (Lipinski definition) is 1. The Kier molecular flexibility index (Phi) is 2.46. The SMILES string of the molecule is [2H]C([2H])([2H])n1ncnc1[C@]1([2H])C2=NCC(=O)c3cccc(c32)N[C@@]1([2H])c1ccc(F)cc1. The van der Waals surface area contributed by atoms with Crippen LogP contribution in [0, 0.1) is 5.82 Å². The van der Waals surface area contributed by atoms with Crippen molar-refractivity contribution in [1.82, 2.24) is 14.8 Å². The zero-order chi connectivity index (χ0) is 22.9. The van der Waals surface area contributed by atoms with Gasteiger partial charge in [-0.15, -0.1) is 0 Å². The van der Waals surface area contributed by atoms with E-state index in [-0.39, 0.29) is 29.4 Å². The Bertz CT molecular complexity index is 1290. The lowest BCUT2D eigenvalue weighted by atomic mass is 9.78. The Balaban J connectivity index is 1.87. The first kappa shape index (κ1) is 11.4. The van der Waals surface area contributed by atoms with Gasteiger partial charge in [0.25, 0.3) is 0 Å². The highest BCUT2D eigenvalue weighted by atomic mass is 19.1. The smallest absolute Gasteiger partial charge is 0.184 e. The van der Waals surface area contributed by atoms with Gasteiger partial charge in [-0.2, -0.15) is 5.10 Å². The van der Waals surface area contributed by atoms with Gasteiger partial charge in [0.2, 0.25) is 0 Å². The van der Waals surface area contributed by atoms with E-state index in [1.807, 2.05) is 0 Å². The Labute approximate surface area is 161 Å². The van der Waals surface area contributed by atoms with Crippen LogP contribution in [0.5, 0.6) is 0 Å². The second-order valence-electron chi connectivity index (χ2n) is 6.19. The molecule has 3 heterocycles. The maximum absolute atomic E-state index is 13.7. The van der Waals surface area contributed by atoms with Gasteiger partial charge in [0, 0.05) is 29.3 Å². The number of carbonyl (C=O) groups excluding carboxylic acids is 1. The molecule has 0 aliphatic carbocycles. The monoisotopic (exact) mass is 366 g/mol. The molecule has 134 valence electrons. The lowest BCUT2D eigenvalue weighted by molar-refractivity contribution is 0.1000.